The Balaban J connectivity index is 1.66. The van der Waals surface area contributed by atoms with Gasteiger partial charge in [-0.3, -0.25) is 20.4 Å². The van der Waals surface area contributed by atoms with E-state index in [1.807, 2.05) is 54.8 Å². The van der Waals surface area contributed by atoms with E-state index in [4.69, 9.17) is 0 Å². The standard InChI is InChI=1S/C20H23N3O2/c1-14-12-18(15(2)23(14)17-10-4-3-5-11-17)20(25)22-21-19(24)13-16-8-6-7-9-16/h3-6,8,10-12,16H,7,9,13H2,1-2H3,(H,21,24)(H,22,25). The number of carbonyl (C=O) groups excluding carboxylic acids is 2. The van der Waals surface area contributed by atoms with Crippen LogP contribution in [0.1, 0.15) is 41.0 Å². The number of aromatic nitrogens is 1. The van der Waals surface area contributed by atoms with Crippen LogP contribution in [0.15, 0.2) is 48.6 Å². The Hall–Kier alpha value is -2.82. The highest BCUT2D eigenvalue weighted by Gasteiger charge is 2.18. The molecule has 1 aromatic carbocycles. The highest BCUT2D eigenvalue weighted by Crippen LogP contribution is 2.21. The summed E-state index contributed by atoms with van der Waals surface area (Å²) in [4.78, 5) is 24.4. The highest BCUT2D eigenvalue weighted by atomic mass is 16.2. The van der Waals surface area contributed by atoms with Crippen molar-refractivity contribution in [3.05, 3.63) is 65.5 Å². The summed E-state index contributed by atoms with van der Waals surface area (Å²) in [7, 11) is 0. The minimum absolute atomic E-state index is 0.165. The Morgan fingerprint density at radius 1 is 1.16 bits per heavy atom. The summed E-state index contributed by atoms with van der Waals surface area (Å²) in [6, 6.07) is 11.7. The van der Waals surface area contributed by atoms with Crippen LogP contribution in [0.5, 0.6) is 0 Å². The molecule has 2 N–H and O–H groups in total. The van der Waals surface area contributed by atoms with Crippen molar-refractivity contribution < 1.29 is 9.59 Å². The van der Waals surface area contributed by atoms with Crippen molar-refractivity contribution in [1.82, 2.24) is 15.4 Å². The van der Waals surface area contributed by atoms with Gasteiger partial charge < -0.3 is 4.57 Å². The molecule has 3 rings (SSSR count). The van der Waals surface area contributed by atoms with E-state index in [0.29, 0.717) is 12.0 Å². The summed E-state index contributed by atoms with van der Waals surface area (Å²) < 4.78 is 2.03. The second-order valence-electron chi connectivity index (χ2n) is 6.43. The van der Waals surface area contributed by atoms with Crippen LogP contribution in [0.25, 0.3) is 5.69 Å². The van der Waals surface area contributed by atoms with Gasteiger partial charge in [0, 0.05) is 23.5 Å². The van der Waals surface area contributed by atoms with E-state index >= 15 is 0 Å². The molecule has 130 valence electrons. The van der Waals surface area contributed by atoms with Crippen molar-refractivity contribution in [3.8, 4) is 5.69 Å². The van der Waals surface area contributed by atoms with Gasteiger partial charge in [0.25, 0.3) is 5.91 Å². The maximum Gasteiger partial charge on any atom is 0.271 e. The second-order valence-corrected chi connectivity index (χ2v) is 6.43. The molecule has 0 radical (unpaired) electrons. The second kappa shape index (κ2) is 7.38. The molecular formula is C20H23N3O2. The fourth-order valence-corrected chi connectivity index (χ4v) is 3.32. The first kappa shape index (κ1) is 17.0. The molecule has 5 nitrogen and oxygen atoms in total. The van der Waals surface area contributed by atoms with Crippen molar-refractivity contribution in [3.63, 3.8) is 0 Å². The zero-order chi connectivity index (χ0) is 17.8. The van der Waals surface area contributed by atoms with Gasteiger partial charge in [-0.2, -0.15) is 0 Å². The van der Waals surface area contributed by atoms with Crippen molar-refractivity contribution in [2.75, 3.05) is 0 Å². The van der Waals surface area contributed by atoms with Gasteiger partial charge in [-0.05, 0) is 50.8 Å². The first-order valence-electron chi connectivity index (χ1n) is 8.56. The zero-order valence-corrected chi connectivity index (χ0v) is 14.6. The lowest BCUT2D eigenvalue weighted by Crippen LogP contribution is -2.42. The van der Waals surface area contributed by atoms with Crippen LogP contribution in [0.2, 0.25) is 0 Å². The first-order valence-corrected chi connectivity index (χ1v) is 8.56. The number of nitrogens with one attached hydrogen (secondary N) is 2. The van der Waals surface area contributed by atoms with E-state index in [9.17, 15) is 9.59 Å². The van der Waals surface area contributed by atoms with E-state index in [1.54, 1.807) is 0 Å². The van der Waals surface area contributed by atoms with Gasteiger partial charge >= 0.3 is 0 Å². The average molecular weight is 337 g/mol. The molecule has 1 heterocycles. The number of allylic oxidation sites excluding steroid dienone is 2. The van der Waals surface area contributed by atoms with Gasteiger partial charge in [0.05, 0.1) is 5.56 Å². The van der Waals surface area contributed by atoms with Gasteiger partial charge in [0.15, 0.2) is 0 Å². The number of hydrazine groups is 1. The molecule has 0 saturated heterocycles. The molecule has 0 fully saturated rings. The van der Waals surface area contributed by atoms with Crippen LogP contribution in [-0.4, -0.2) is 16.4 Å². The molecular weight excluding hydrogens is 314 g/mol. The summed E-state index contributed by atoms with van der Waals surface area (Å²) in [5.41, 5.74) is 8.43. The van der Waals surface area contributed by atoms with E-state index in [1.165, 1.54) is 0 Å². The third-order valence-electron chi connectivity index (χ3n) is 4.57. The van der Waals surface area contributed by atoms with E-state index in [-0.39, 0.29) is 17.7 Å². The van der Waals surface area contributed by atoms with Gasteiger partial charge in [-0.15, -0.1) is 0 Å². The Morgan fingerprint density at radius 2 is 1.92 bits per heavy atom. The van der Waals surface area contributed by atoms with E-state index in [2.05, 4.69) is 23.0 Å². The number of amides is 2. The summed E-state index contributed by atoms with van der Waals surface area (Å²) in [6.07, 6.45) is 6.58. The van der Waals surface area contributed by atoms with Crippen LogP contribution in [0.4, 0.5) is 0 Å². The van der Waals surface area contributed by atoms with Gasteiger partial charge in [0.1, 0.15) is 0 Å². The van der Waals surface area contributed by atoms with Crippen molar-refractivity contribution in [2.24, 2.45) is 5.92 Å². The normalized spacial score (nSPS) is 16.0. The molecule has 1 aliphatic rings. The molecule has 1 unspecified atom stereocenters. The first-order chi connectivity index (χ1) is 12.1. The number of carbonyl (C=O) groups is 2. The predicted molar refractivity (Wildman–Crippen MR) is 97.3 cm³/mol. The Bertz CT molecular complexity index is 806. The number of aryl methyl sites for hydroxylation is 1. The number of nitrogens with zero attached hydrogens (tertiary/aromatic N) is 1. The molecule has 0 bridgehead atoms. The molecule has 5 heteroatoms. The molecule has 2 amide bonds. The minimum Gasteiger partial charge on any atom is -0.318 e. The summed E-state index contributed by atoms with van der Waals surface area (Å²) in [5, 5.41) is 0. The average Bonchev–Trinajstić information content (AvgIpc) is 3.21. The molecule has 2 aromatic rings. The lowest BCUT2D eigenvalue weighted by molar-refractivity contribution is -0.122. The highest BCUT2D eigenvalue weighted by molar-refractivity contribution is 5.97. The molecule has 1 aliphatic carbocycles. The van der Waals surface area contributed by atoms with Crippen LogP contribution in [0.3, 0.4) is 0 Å². The molecule has 1 atom stereocenters. The van der Waals surface area contributed by atoms with Crippen LogP contribution in [0, 0.1) is 19.8 Å². The topological polar surface area (TPSA) is 63.1 Å². The number of benzene rings is 1. The Labute approximate surface area is 147 Å². The fourth-order valence-electron chi connectivity index (χ4n) is 3.32. The third-order valence-corrected chi connectivity index (χ3v) is 4.57. The summed E-state index contributed by atoms with van der Waals surface area (Å²) in [5.74, 6) is -0.188. The fraction of sp³-hybridized carbons (Fsp3) is 0.300. The SMILES string of the molecule is Cc1cc(C(=O)NNC(=O)CC2C=CCC2)c(C)n1-c1ccccc1. The largest absolute Gasteiger partial charge is 0.318 e. The predicted octanol–water partition coefficient (Wildman–Crippen LogP) is 3.21. The van der Waals surface area contributed by atoms with Gasteiger partial charge in [-0.1, -0.05) is 30.4 Å². The molecule has 0 spiro atoms. The molecule has 1 aromatic heterocycles. The zero-order valence-electron chi connectivity index (χ0n) is 14.6. The Morgan fingerprint density at radius 3 is 2.60 bits per heavy atom. The van der Waals surface area contributed by atoms with Crippen LogP contribution < -0.4 is 10.9 Å². The quantitative estimate of drug-likeness (QED) is 0.665. The van der Waals surface area contributed by atoms with Gasteiger partial charge in [0.2, 0.25) is 5.91 Å². The lowest BCUT2D eigenvalue weighted by Gasteiger charge is -2.11. The van der Waals surface area contributed by atoms with Crippen molar-refractivity contribution in [1.29, 1.82) is 0 Å². The molecule has 0 aliphatic heterocycles. The van der Waals surface area contributed by atoms with Crippen LogP contribution >= 0.6 is 0 Å². The van der Waals surface area contributed by atoms with Crippen LogP contribution in [-0.2, 0) is 4.79 Å². The lowest BCUT2D eigenvalue weighted by atomic mass is 10.1. The summed E-state index contributed by atoms with van der Waals surface area (Å²) in [6.45, 7) is 3.86. The Kier molecular flexibility index (Phi) is 5.03. The number of rotatable bonds is 4. The van der Waals surface area contributed by atoms with E-state index in [0.717, 1.165) is 29.9 Å². The monoisotopic (exact) mass is 337 g/mol. The molecule has 0 saturated carbocycles. The van der Waals surface area contributed by atoms with E-state index < -0.39 is 0 Å². The van der Waals surface area contributed by atoms with Crippen molar-refractivity contribution >= 4 is 11.8 Å². The van der Waals surface area contributed by atoms with Gasteiger partial charge in [-0.25, -0.2) is 0 Å². The molecule has 25 heavy (non-hydrogen) atoms. The van der Waals surface area contributed by atoms with Crippen molar-refractivity contribution in [2.45, 2.75) is 33.1 Å². The third kappa shape index (κ3) is 3.82. The maximum absolute atomic E-state index is 12.5. The maximum atomic E-state index is 12.5. The number of hydrogen-bond acceptors (Lipinski definition) is 2. The smallest absolute Gasteiger partial charge is 0.271 e. The minimum atomic E-state index is -0.300. The summed E-state index contributed by atoms with van der Waals surface area (Å²) >= 11 is 0. The number of hydrogen-bond donors (Lipinski definition) is 2. The number of para-hydroxylation sites is 1.